The number of thiophene rings is 1. The lowest BCUT2D eigenvalue weighted by Crippen LogP contribution is -2.32. The fourth-order valence-corrected chi connectivity index (χ4v) is 2.99. The van der Waals surface area contributed by atoms with Crippen LogP contribution >= 0.6 is 11.3 Å². The second-order valence-electron chi connectivity index (χ2n) is 4.96. The predicted molar refractivity (Wildman–Crippen MR) is 74.9 cm³/mol. The summed E-state index contributed by atoms with van der Waals surface area (Å²) in [5.74, 6) is 0. The molecule has 0 amide bonds. The summed E-state index contributed by atoms with van der Waals surface area (Å²) in [4.78, 5) is 1.30. The third kappa shape index (κ3) is 5.06. The molecule has 18 heavy (non-hydrogen) atoms. The molecule has 2 N–H and O–H groups in total. The van der Waals surface area contributed by atoms with Gasteiger partial charge in [-0.15, -0.1) is 11.3 Å². The summed E-state index contributed by atoms with van der Waals surface area (Å²) in [6, 6.07) is 4.15. The van der Waals surface area contributed by atoms with Gasteiger partial charge in [-0.25, -0.2) is 0 Å². The van der Waals surface area contributed by atoms with Gasteiger partial charge in [0.2, 0.25) is 0 Å². The third-order valence-electron chi connectivity index (χ3n) is 3.34. The largest absolute Gasteiger partial charge is 0.389 e. The quantitative estimate of drug-likeness (QED) is 0.799. The maximum atomic E-state index is 9.82. The van der Waals surface area contributed by atoms with Gasteiger partial charge in [0.15, 0.2) is 0 Å². The van der Waals surface area contributed by atoms with Gasteiger partial charge in [-0.2, -0.15) is 0 Å². The van der Waals surface area contributed by atoms with Gasteiger partial charge >= 0.3 is 0 Å². The molecule has 0 spiro atoms. The fourth-order valence-electron chi connectivity index (χ4n) is 2.31. The van der Waals surface area contributed by atoms with Crippen molar-refractivity contribution in [1.29, 1.82) is 0 Å². The van der Waals surface area contributed by atoms with Crippen LogP contribution in [0.2, 0.25) is 0 Å². The smallest absolute Gasteiger partial charge is 0.0897 e. The maximum absolute atomic E-state index is 9.82. The maximum Gasteiger partial charge on any atom is 0.0897 e. The average molecular weight is 269 g/mol. The molecule has 3 nitrogen and oxygen atoms in total. The minimum absolute atomic E-state index is 0.380. The molecule has 1 aromatic heterocycles. The van der Waals surface area contributed by atoms with E-state index < -0.39 is 6.10 Å². The Morgan fingerprint density at radius 1 is 1.39 bits per heavy atom. The Kier molecular flexibility index (Phi) is 6.14. The van der Waals surface area contributed by atoms with Crippen molar-refractivity contribution < 1.29 is 9.84 Å². The Labute approximate surface area is 113 Å². The highest BCUT2D eigenvalue weighted by molar-refractivity contribution is 7.09. The first-order chi connectivity index (χ1) is 8.84. The van der Waals surface area contributed by atoms with Crippen molar-refractivity contribution in [1.82, 2.24) is 5.32 Å². The normalized spacial score (nSPS) is 18.9. The third-order valence-corrected chi connectivity index (χ3v) is 4.21. The summed E-state index contributed by atoms with van der Waals surface area (Å²) in [6.07, 6.45) is 6.20. The van der Waals surface area contributed by atoms with Crippen molar-refractivity contribution in [2.24, 2.45) is 0 Å². The van der Waals surface area contributed by atoms with Crippen LogP contribution in [0.4, 0.5) is 0 Å². The van der Waals surface area contributed by atoms with Crippen molar-refractivity contribution in [3.63, 3.8) is 0 Å². The van der Waals surface area contributed by atoms with Gasteiger partial charge in [-0.05, 0) is 24.3 Å². The van der Waals surface area contributed by atoms with E-state index >= 15 is 0 Å². The lowest BCUT2D eigenvalue weighted by Gasteiger charge is -2.23. The molecule has 0 radical (unpaired) electrons. The second kappa shape index (κ2) is 7.89. The zero-order valence-electron chi connectivity index (χ0n) is 10.8. The Hall–Kier alpha value is -0.420. The van der Waals surface area contributed by atoms with E-state index in [9.17, 15) is 5.11 Å². The van der Waals surface area contributed by atoms with E-state index in [1.807, 2.05) is 6.07 Å². The van der Waals surface area contributed by atoms with Crippen molar-refractivity contribution in [3.8, 4) is 0 Å². The fraction of sp³-hybridized carbons (Fsp3) is 0.714. The number of aliphatic hydroxyl groups excluding tert-OH is 1. The average Bonchev–Trinajstić information content (AvgIpc) is 2.91. The van der Waals surface area contributed by atoms with Gasteiger partial charge in [0.05, 0.1) is 18.8 Å². The van der Waals surface area contributed by atoms with Crippen LogP contribution in [0.3, 0.4) is 0 Å². The molecule has 1 aliphatic carbocycles. The number of ether oxygens (including phenoxy) is 1. The molecule has 0 bridgehead atoms. The molecule has 4 heteroatoms. The molecule has 1 aliphatic rings. The standard InChI is InChI=1S/C14H23NO2S/c16-12(9-15-10-14-7-4-8-18-14)11-17-13-5-2-1-3-6-13/h4,7-8,12-13,15-16H,1-3,5-6,9-11H2. The minimum Gasteiger partial charge on any atom is -0.389 e. The first-order valence-corrected chi connectivity index (χ1v) is 7.75. The molecule has 1 saturated carbocycles. The summed E-state index contributed by atoms with van der Waals surface area (Å²) in [7, 11) is 0. The predicted octanol–water partition coefficient (Wildman–Crippen LogP) is 2.55. The van der Waals surface area contributed by atoms with Gasteiger partial charge in [-0.1, -0.05) is 25.3 Å². The van der Waals surface area contributed by atoms with Crippen LogP contribution in [0.1, 0.15) is 37.0 Å². The first kappa shape index (κ1) is 14.0. The van der Waals surface area contributed by atoms with Crippen LogP contribution in [0.15, 0.2) is 17.5 Å². The Morgan fingerprint density at radius 2 is 2.22 bits per heavy atom. The number of rotatable bonds is 7. The zero-order valence-corrected chi connectivity index (χ0v) is 11.6. The molecule has 0 saturated heterocycles. The minimum atomic E-state index is -0.396. The number of hydrogen-bond donors (Lipinski definition) is 2. The number of nitrogens with one attached hydrogen (secondary N) is 1. The molecule has 0 aromatic carbocycles. The molecule has 1 fully saturated rings. The molecule has 1 aromatic rings. The molecular weight excluding hydrogens is 246 g/mol. The van der Waals surface area contributed by atoms with Gasteiger partial charge in [0.25, 0.3) is 0 Å². The highest BCUT2D eigenvalue weighted by atomic mass is 32.1. The second-order valence-corrected chi connectivity index (χ2v) is 5.99. The van der Waals surface area contributed by atoms with E-state index in [-0.39, 0.29) is 0 Å². The molecule has 1 unspecified atom stereocenters. The highest BCUT2D eigenvalue weighted by Gasteiger charge is 2.15. The summed E-state index contributed by atoms with van der Waals surface area (Å²) < 4.78 is 5.75. The van der Waals surface area contributed by atoms with Crippen LogP contribution in [0.25, 0.3) is 0 Å². The Morgan fingerprint density at radius 3 is 2.94 bits per heavy atom. The summed E-state index contributed by atoms with van der Waals surface area (Å²) >= 11 is 1.74. The molecule has 1 atom stereocenters. The van der Waals surface area contributed by atoms with Crippen molar-refractivity contribution >= 4 is 11.3 Å². The van der Waals surface area contributed by atoms with E-state index in [1.54, 1.807) is 11.3 Å². The number of hydrogen-bond acceptors (Lipinski definition) is 4. The van der Waals surface area contributed by atoms with Crippen LogP contribution < -0.4 is 5.32 Å². The molecule has 1 heterocycles. The highest BCUT2D eigenvalue weighted by Crippen LogP contribution is 2.20. The van der Waals surface area contributed by atoms with Gasteiger partial charge in [-0.3, -0.25) is 0 Å². The summed E-state index contributed by atoms with van der Waals surface area (Å²) in [6.45, 7) is 1.89. The lowest BCUT2D eigenvalue weighted by molar-refractivity contribution is -0.0230. The van der Waals surface area contributed by atoms with E-state index in [2.05, 4.69) is 16.8 Å². The molecular formula is C14H23NO2S. The van der Waals surface area contributed by atoms with Crippen molar-refractivity contribution in [2.45, 2.75) is 50.9 Å². The van der Waals surface area contributed by atoms with Gasteiger partial charge in [0, 0.05) is 18.0 Å². The van der Waals surface area contributed by atoms with E-state index in [1.165, 1.54) is 24.1 Å². The summed E-state index contributed by atoms with van der Waals surface area (Å²) in [5.41, 5.74) is 0. The van der Waals surface area contributed by atoms with E-state index in [0.29, 0.717) is 19.3 Å². The topological polar surface area (TPSA) is 41.5 Å². The van der Waals surface area contributed by atoms with Crippen LogP contribution in [0, 0.1) is 0 Å². The summed E-state index contributed by atoms with van der Waals surface area (Å²) in [5, 5.41) is 15.1. The van der Waals surface area contributed by atoms with Gasteiger partial charge in [0.1, 0.15) is 0 Å². The Bertz CT molecular complexity index is 310. The SMILES string of the molecule is OC(CNCc1cccs1)COC1CCCCC1. The van der Waals surface area contributed by atoms with Crippen LogP contribution in [-0.2, 0) is 11.3 Å². The van der Waals surface area contributed by atoms with Crippen LogP contribution in [-0.4, -0.2) is 30.5 Å². The van der Waals surface area contributed by atoms with E-state index in [0.717, 1.165) is 19.4 Å². The monoisotopic (exact) mass is 269 g/mol. The molecule has 102 valence electrons. The zero-order chi connectivity index (χ0) is 12.6. The van der Waals surface area contributed by atoms with Crippen molar-refractivity contribution in [2.75, 3.05) is 13.2 Å². The molecule has 0 aliphatic heterocycles. The van der Waals surface area contributed by atoms with Gasteiger partial charge < -0.3 is 15.2 Å². The van der Waals surface area contributed by atoms with Crippen molar-refractivity contribution in [3.05, 3.63) is 22.4 Å². The Balaban J connectivity index is 1.53. The molecule has 2 rings (SSSR count). The first-order valence-electron chi connectivity index (χ1n) is 6.87. The number of aliphatic hydroxyl groups is 1. The van der Waals surface area contributed by atoms with Crippen LogP contribution in [0.5, 0.6) is 0 Å². The van der Waals surface area contributed by atoms with E-state index in [4.69, 9.17) is 4.74 Å². The lowest BCUT2D eigenvalue weighted by atomic mass is 9.98.